The number of nitrogens with one attached hydrogen (secondary N) is 1. The zero-order valence-corrected chi connectivity index (χ0v) is 17.8. The molecule has 0 radical (unpaired) electrons. The lowest BCUT2D eigenvalue weighted by Gasteiger charge is -2.22. The van der Waals surface area contributed by atoms with Crippen molar-refractivity contribution in [2.45, 2.75) is 52.4 Å². The fourth-order valence-electron chi connectivity index (χ4n) is 2.70. The lowest BCUT2D eigenvalue weighted by Crippen LogP contribution is -2.39. The van der Waals surface area contributed by atoms with E-state index in [1.807, 2.05) is 54.6 Å². The van der Waals surface area contributed by atoms with Crippen LogP contribution < -0.4 is 10.1 Å². The first-order valence-corrected chi connectivity index (χ1v) is 9.79. The Kier molecular flexibility index (Phi) is 8.04. The topological polar surface area (TPSA) is 84.9 Å². The summed E-state index contributed by atoms with van der Waals surface area (Å²) in [6.07, 6.45) is 1.35. The minimum Gasteiger partial charge on any atom is -0.489 e. The highest BCUT2D eigenvalue weighted by molar-refractivity contribution is 5.86. The Morgan fingerprint density at radius 1 is 1.03 bits per heavy atom. The van der Waals surface area contributed by atoms with E-state index in [1.54, 1.807) is 20.8 Å². The van der Waals surface area contributed by atoms with Gasteiger partial charge in [0, 0.05) is 5.57 Å². The average molecular weight is 411 g/mol. The zero-order chi connectivity index (χ0) is 22.1. The van der Waals surface area contributed by atoms with Crippen LogP contribution >= 0.6 is 0 Å². The maximum atomic E-state index is 12.2. The quantitative estimate of drug-likeness (QED) is 0.613. The number of hydrogen-bond donors (Lipinski definition) is 2. The fraction of sp³-hybridized carbons (Fsp3) is 0.333. The lowest BCUT2D eigenvalue weighted by molar-refractivity contribution is -0.132. The third-order valence-electron chi connectivity index (χ3n) is 4.12. The van der Waals surface area contributed by atoms with Gasteiger partial charge in [-0.2, -0.15) is 0 Å². The minimum absolute atomic E-state index is 0.152. The van der Waals surface area contributed by atoms with Crippen molar-refractivity contribution in [3.8, 4) is 5.75 Å². The van der Waals surface area contributed by atoms with Crippen LogP contribution in [0.4, 0.5) is 4.79 Å². The molecule has 160 valence electrons. The first-order valence-electron chi connectivity index (χ1n) is 9.79. The van der Waals surface area contributed by atoms with Crippen molar-refractivity contribution in [2.75, 3.05) is 0 Å². The molecular formula is C24H29NO5. The van der Waals surface area contributed by atoms with Gasteiger partial charge in [0.1, 0.15) is 18.0 Å². The summed E-state index contributed by atoms with van der Waals surface area (Å²) in [7, 11) is 0. The Labute approximate surface area is 177 Å². The van der Waals surface area contributed by atoms with E-state index in [-0.39, 0.29) is 5.57 Å². The zero-order valence-electron chi connectivity index (χ0n) is 17.8. The summed E-state index contributed by atoms with van der Waals surface area (Å²) in [5, 5.41) is 11.9. The number of hydrogen-bond acceptors (Lipinski definition) is 4. The summed E-state index contributed by atoms with van der Waals surface area (Å²) in [5.41, 5.74) is 1.52. The Bertz CT molecular complexity index is 867. The molecule has 0 heterocycles. The SMILES string of the molecule is CC(=CC(Cc1ccc(OCc2ccccc2)cc1)NC(=O)OC(C)(C)C)C(=O)O. The van der Waals surface area contributed by atoms with Gasteiger partial charge in [0.05, 0.1) is 6.04 Å². The van der Waals surface area contributed by atoms with Gasteiger partial charge in [0.15, 0.2) is 0 Å². The van der Waals surface area contributed by atoms with E-state index in [0.717, 1.165) is 16.9 Å². The fourth-order valence-corrected chi connectivity index (χ4v) is 2.70. The number of carboxylic acid groups (broad SMARTS) is 1. The number of aliphatic carboxylic acids is 1. The molecule has 6 heteroatoms. The van der Waals surface area contributed by atoms with Crippen LogP contribution in [-0.4, -0.2) is 28.8 Å². The van der Waals surface area contributed by atoms with Crippen molar-refractivity contribution in [2.24, 2.45) is 0 Å². The molecule has 2 aromatic carbocycles. The molecule has 2 rings (SSSR count). The molecule has 0 bridgehead atoms. The van der Waals surface area contributed by atoms with Crippen molar-refractivity contribution >= 4 is 12.1 Å². The van der Waals surface area contributed by atoms with Gasteiger partial charge in [-0.3, -0.25) is 0 Å². The number of carboxylic acids is 1. The largest absolute Gasteiger partial charge is 0.489 e. The third kappa shape index (κ3) is 8.39. The van der Waals surface area contributed by atoms with E-state index in [9.17, 15) is 14.7 Å². The first kappa shape index (κ1) is 23.0. The molecule has 0 fully saturated rings. The van der Waals surface area contributed by atoms with E-state index in [0.29, 0.717) is 13.0 Å². The molecule has 2 aromatic rings. The predicted molar refractivity (Wildman–Crippen MR) is 115 cm³/mol. The molecule has 0 spiro atoms. The van der Waals surface area contributed by atoms with E-state index < -0.39 is 23.7 Å². The van der Waals surface area contributed by atoms with Crippen molar-refractivity contribution < 1.29 is 24.2 Å². The van der Waals surface area contributed by atoms with Gasteiger partial charge in [-0.15, -0.1) is 0 Å². The van der Waals surface area contributed by atoms with Crippen LogP contribution in [0.1, 0.15) is 38.8 Å². The molecule has 0 aliphatic carbocycles. The molecular weight excluding hydrogens is 382 g/mol. The van der Waals surface area contributed by atoms with Crippen molar-refractivity contribution in [3.05, 3.63) is 77.4 Å². The summed E-state index contributed by atoms with van der Waals surface area (Å²) >= 11 is 0. The Morgan fingerprint density at radius 2 is 1.67 bits per heavy atom. The maximum Gasteiger partial charge on any atom is 0.408 e. The van der Waals surface area contributed by atoms with Crippen LogP contribution in [0.3, 0.4) is 0 Å². The molecule has 1 unspecified atom stereocenters. The van der Waals surface area contributed by atoms with Gasteiger partial charge in [0.25, 0.3) is 0 Å². The van der Waals surface area contributed by atoms with E-state index >= 15 is 0 Å². The molecule has 2 N–H and O–H groups in total. The smallest absolute Gasteiger partial charge is 0.408 e. The second kappa shape index (κ2) is 10.5. The highest BCUT2D eigenvalue weighted by Gasteiger charge is 2.19. The van der Waals surface area contributed by atoms with E-state index in [2.05, 4.69) is 5.32 Å². The highest BCUT2D eigenvalue weighted by Crippen LogP contribution is 2.16. The number of amides is 1. The molecule has 0 aliphatic heterocycles. The van der Waals surface area contributed by atoms with Crippen molar-refractivity contribution in [1.82, 2.24) is 5.32 Å². The summed E-state index contributed by atoms with van der Waals surface area (Å²) in [6, 6.07) is 16.9. The molecule has 1 amide bonds. The van der Waals surface area contributed by atoms with E-state index in [4.69, 9.17) is 9.47 Å². The Morgan fingerprint density at radius 3 is 2.23 bits per heavy atom. The lowest BCUT2D eigenvalue weighted by atomic mass is 10.0. The monoisotopic (exact) mass is 411 g/mol. The van der Waals surface area contributed by atoms with Crippen molar-refractivity contribution in [3.63, 3.8) is 0 Å². The number of alkyl carbamates (subject to hydrolysis) is 1. The molecule has 0 aromatic heterocycles. The number of rotatable bonds is 8. The second-order valence-corrected chi connectivity index (χ2v) is 8.03. The minimum atomic E-state index is -1.03. The van der Waals surface area contributed by atoms with Crippen LogP contribution in [0.15, 0.2) is 66.2 Å². The van der Waals surface area contributed by atoms with Gasteiger partial charge in [-0.05, 0) is 57.4 Å². The molecule has 30 heavy (non-hydrogen) atoms. The van der Waals surface area contributed by atoms with Crippen LogP contribution in [0.25, 0.3) is 0 Å². The number of ether oxygens (including phenoxy) is 2. The van der Waals surface area contributed by atoms with Gasteiger partial charge >= 0.3 is 12.1 Å². The van der Waals surface area contributed by atoms with Crippen LogP contribution in [0, 0.1) is 0 Å². The summed E-state index contributed by atoms with van der Waals surface area (Å²) < 4.78 is 11.1. The molecule has 0 saturated heterocycles. The summed E-state index contributed by atoms with van der Waals surface area (Å²) in [4.78, 5) is 23.4. The van der Waals surface area contributed by atoms with Crippen LogP contribution in [0.2, 0.25) is 0 Å². The number of benzene rings is 2. The summed E-state index contributed by atoms with van der Waals surface area (Å²) in [6.45, 7) is 7.28. The van der Waals surface area contributed by atoms with Crippen molar-refractivity contribution in [1.29, 1.82) is 0 Å². The Hall–Kier alpha value is -3.28. The van der Waals surface area contributed by atoms with Gasteiger partial charge < -0.3 is 19.9 Å². The van der Waals surface area contributed by atoms with Crippen LogP contribution in [-0.2, 0) is 22.6 Å². The number of carbonyl (C=O) groups is 2. The van der Waals surface area contributed by atoms with Gasteiger partial charge in [-0.25, -0.2) is 9.59 Å². The molecule has 1 atom stereocenters. The molecule has 0 saturated carbocycles. The Balaban J connectivity index is 2.03. The van der Waals surface area contributed by atoms with Gasteiger partial charge in [-0.1, -0.05) is 48.5 Å². The third-order valence-corrected chi connectivity index (χ3v) is 4.12. The highest BCUT2D eigenvalue weighted by atomic mass is 16.6. The first-order chi connectivity index (χ1) is 14.1. The predicted octanol–water partition coefficient (Wildman–Crippen LogP) is 4.73. The van der Waals surface area contributed by atoms with Crippen LogP contribution in [0.5, 0.6) is 5.75 Å². The molecule has 0 aliphatic rings. The number of carbonyl (C=O) groups excluding carboxylic acids is 1. The average Bonchev–Trinajstić information content (AvgIpc) is 2.66. The maximum absolute atomic E-state index is 12.2. The molecule has 6 nitrogen and oxygen atoms in total. The van der Waals surface area contributed by atoms with E-state index in [1.165, 1.54) is 13.0 Å². The normalized spacial score (nSPS) is 12.7. The van der Waals surface area contributed by atoms with Gasteiger partial charge in [0.2, 0.25) is 0 Å². The summed E-state index contributed by atoms with van der Waals surface area (Å²) in [5.74, 6) is -0.299. The standard InChI is InChI=1S/C24H29NO5/c1-17(22(26)27)14-20(25-23(28)30-24(2,3)4)15-18-10-12-21(13-11-18)29-16-19-8-6-5-7-9-19/h5-14,20H,15-16H2,1-4H3,(H,25,28)(H,26,27). The second-order valence-electron chi connectivity index (χ2n) is 8.03.